The van der Waals surface area contributed by atoms with E-state index in [0.29, 0.717) is 5.41 Å². The summed E-state index contributed by atoms with van der Waals surface area (Å²) in [7, 11) is 1.57. The SMILES string of the molecule is CCC(CC)C[Si](OC)(OC)C1(CC)CCCC(CC)C1(C)C. The van der Waals surface area contributed by atoms with Gasteiger partial charge >= 0.3 is 8.56 Å². The predicted molar refractivity (Wildman–Crippen MR) is 103 cm³/mol. The molecule has 0 spiro atoms. The van der Waals surface area contributed by atoms with Crippen LogP contribution in [0.3, 0.4) is 0 Å². The summed E-state index contributed by atoms with van der Waals surface area (Å²) in [5.74, 6) is 1.51. The lowest BCUT2D eigenvalue weighted by atomic mass is 9.60. The van der Waals surface area contributed by atoms with Crippen molar-refractivity contribution in [1.29, 1.82) is 0 Å². The highest BCUT2D eigenvalue weighted by Gasteiger charge is 2.65. The van der Waals surface area contributed by atoms with Crippen molar-refractivity contribution in [3.05, 3.63) is 0 Å². The molecule has 3 heteroatoms. The molecule has 0 amide bonds. The molecular formula is C20H42O2Si. The second-order valence-corrected chi connectivity index (χ2v) is 11.9. The third-order valence-corrected chi connectivity index (χ3v) is 12.7. The van der Waals surface area contributed by atoms with Crippen LogP contribution in [0, 0.1) is 17.3 Å². The Morgan fingerprint density at radius 3 is 2.00 bits per heavy atom. The zero-order valence-corrected chi connectivity index (χ0v) is 18.1. The van der Waals surface area contributed by atoms with Gasteiger partial charge in [0.05, 0.1) is 0 Å². The van der Waals surface area contributed by atoms with Crippen molar-refractivity contribution >= 4 is 8.56 Å². The first-order chi connectivity index (χ1) is 10.8. The Kier molecular flexibility index (Phi) is 7.82. The fourth-order valence-electron chi connectivity index (χ4n) is 5.81. The maximum absolute atomic E-state index is 6.40. The second-order valence-electron chi connectivity index (χ2n) is 8.20. The first-order valence-electron chi connectivity index (χ1n) is 9.94. The van der Waals surface area contributed by atoms with Gasteiger partial charge in [0.15, 0.2) is 0 Å². The van der Waals surface area contributed by atoms with Crippen LogP contribution in [0.15, 0.2) is 0 Å². The predicted octanol–water partition coefficient (Wildman–Crippen LogP) is 6.54. The zero-order chi connectivity index (χ0) is 17.7. The Morgan fingerprint density at radius 2 is 1.61 bits per heavy atom. The Labute approximate surface area is 147 Å². The van der Waals surface area contributed by atoms with Crippen molar-refractivity contribution in [1.82, 2.24) is 0 Å². The average Bonchev–Trinajstić information content (AvgIpc) is 2.56. The van der Waals surface area contributed by atoms with Crippen molar-refractivity contribution in [2.75, 3.05) is 14.2 Å². The fourth-order valence-corrected chi connectivity index (χ4v) is 11.1. The van der Waals surface area contributed by atoms with Crippen molar-refractivity contribution < 1.29 is 8.85 Å². The molecular weight excluding hydrogens is 300 g/mol. The highest BCUT2D eigenvalue weighted by atomic mass is 28.4. The maximum Gasteiger partial charge on any atom is 0.344 e. The molecule has 138 valence electrons. The smallest absolute Gasteiger partial charge is 0.344 e. The van der Waals surface area contributed by atoms with Gasteiger partial charge < -0.3 is 8.85 Å². The van der Waals surface area contributed by atoms with E-state index in [4.69, 9.17) is 8.85 Å². The molecule has 1 rings (SSSR count). The van der Waals surface area contributed by atoms with Gasteiger partial charge in [-0.25, -0.2) is 0 Å². The summed E-state index contributed by atoms with van der Waals surface area (Å²) in [6, 6.07) is 1.15. The van der Waals surface area contributed by atoms with Crippen molar-refractivity contribution in [2.24, 2.45) is 17.3 Å². The molecule has 0 aromatic heterocycles. The summed E-state index contributed by atoms with van der Waals surface area (Å²) in [6.07, 6.45) is 8.91. The lowest BCUT2D eigenvalue weighted by Crippen LogP contribution is -2.61. The largest absolute Gasteiger partial charge is 0.397 e. The van der Waals surface area contributed by atoms with Crippen LogP contribution in [-0.4, -0.2) is 22.8 Å². The minimum Gasteiger partial charge on any atom is -0.397 e. The van der Waals surface area contributed by atoms with Crippen LogP contribution in [0.4, 0.5) is 0 Å². The van der Waals surface area contributed by atoms with Gasteiger partial charge in [-0.15, -0.1) is 0 Å². The molecule has 2 atom stereocenters. The Bertz CT molecular complexity index is 348. The standard InChI is InChI=1S/C20H42O2Si/c1-9-17(10-2)16-23(21-7,22-8)20(12-4)15-13-14-18(11-3)19(20,5)6/h17-18H,9-16H2,1-8H3. The molecule has 1 aliphatic rings. The first kappa shape index (κ1) is 21.2. The molecule has 0 N–H and O–H groups in total. The van der Waals surface area contributed by atoms with E-state index < -0.39 is 8.56 Å². The van der Waals surface area contributed by atoms with Gasteiger partial charge in [-0.05, 0) is 42.6 Å². The molecule has 0 bridgehead atoms. The molecule has 0 saturated heterocycles. The molecule has 0 radical (unpaired) electrons. The van der Waals surface area contributed by atoms with Gasteiger partial charge in [-0.2, -0.15) is 0 Å². The summed E-state index contributed by atoms with van der Waals surface area (Å²) >= 11 is 0. The zero-order valence-electron chi connectivity index (χ0n) is 17.1. The lowest BCUT2D eigenvalue weighted by Gasteiger charge is -2.60. The van der Waals surface area contributed by atoms with Crippen LogP contribution in [-0.2, 0) is 8.85 Å². The van der Waals surface area contributed by atoms with Crippen LogP contribution >= 0.6 is 0 Å². The average molecular weight is 343 g/mol. The summed E-state index contributed by atoms with van der Waals surface area (Å²) in [4.78, 5) is 0. The molecule has 0 aromatic rings. The van der Waals surface area contributed by atoms with Crippen LogP contribution in [0.1, 0.15) is 86.5 Å². The van der Waals surface area contributed by atoms with Crippen LogP contribution in [0.25, 0.3) is 0 Å². The molecule has 0 aliphatic heterocycles. The third-order valence-electron chi connectivity index (χ3n) is 7.61. The van der Waals surface area contributed by atoms with Crippen molar-refractivity contribution in [3.63, 3.8) is 0 Å². The van der Waals surface area contributed by atoms with Crippen molar-refractivity contribution in [3.8, 4) is 0 Å². The molecule has 0 heterocycles. The highest BCUT2D eigenvalue weighted by Crippen LogP contribution is 2.67. The van der Waals surface area contributed by atoms with E-state index in [-0.39, 0.29) is 5.04 Å². The van der Waals surface area contributed by atoms with Crippen LogP contribution in [0.5, 0.6) is 0 Å². The Morgan fingerprint density at radius 1 is 1.04 bits per heavy atom. The minimum absolute atomic E-state index is 0.227. The van der Waals surface area contributed by atoms with Gasteiger partial charge in [0.25, 0.3) is 0 Å². The summed E-state index contributed by atoms with van der Waals surface area (Å²) in [5, 5.41) is 0.227. The van der Waals surface area contributed by atoms with E-state index in [9.17, 15) is 0 Å². The minimum atomic E-state index is -2.29. The van der Waals surface area contributed by atoms with E-state index in [2.05, 4.69) is 41.5 Å². The molecule has 1 saturated carbocycles. The molecule has 2 unspecified atom stereocenters. The van der Waals surface area contributed by atoms with E-state index >= 15 is 0 Å². The summed E-state index contributed by atoms with van der Waals surface area (Å²) < 4.78 is 12.8. The fraction of sp³-hybridized carbons (Fsp3) is 1.00. The van der Waals surface area contributed by atoms with E-state index in [0.717, 1.165) is 17.9 Å². The van der Waals surface area contributed by atoms with Crippen molar-refractivity contribution in [2.45, 2.75) is 97.6 Å². The highest BCUT2D eigenvalue weighted by molar-refractivity contribution is 6.71. The van der Waals surface area contributed by atoms with E-state index in [1.807, 2.05) is 14.2 Å². The Balaban J connectivity index is 3.38. The molecule has 1 fully saturated rings. The van der Waals surface area contributed by atoms with E-state index in [1.54, 1.807) is 0 Å². The Hall–Kier alpha value is 0.137. The molecule has 0 aromatic carbocycles. The summed E-state index contributed by atoms with van der Waals surface area (Å²) in [6.45, 7) is 14.4. The molecule has 2 nitrogen and oxygen atoms in total. The topological polar surface area (TPSA) is 18.5 Å². The quantitative estimate of drug-likeness (QED) is 0.443. The molecule has 1 aliphatic carbocycles. The van der Waals surface area contributed by atoms with Crippen LogP contribution in [0.2, 0.25) is 11.1 Å². The third kappa shape index (κ3) is 3.43. The molecule has 23 heavy (non-hydrogen) atoms. The normalized spacial score (nSPS) is 28.3. The van der Waals surface area contributed by atoms with Gasteiger partial charge in [-0.1, -0.05) is 67.2 Å². The van der Waals surface area contributed by atoms with Gasteiger partial charge in [0, 0.05) is 19.3 Å². The lowest BCUT2D eigenvalue weighted by molar-refractivity contribution is 0.0235. The van der Waals surface area contributed by atoms with Crippen LogP contribution < -0.4 is 0 Å². The number of hydrogen-bond donors (Lipinski definition) is 0. The van der Waals surface area contributed by atoms with Gasteiger partial charge in [0.1, 0.15) is 0 Å². The summed E-state index contributed by atoms with van der Waals surface area (Å²) in [5.41, 5.74) is 0.291. The maximum atomic E-state index is 6.40. The van der Waals surface area contributed by atoms with E-state index in [1.165, 1.54) is 44.9 Å². The first-order valence-corrected chi connectivity index (χ1v) is 12.0. The number of hydrogen-bond acceptors (Lipinski definition) is 2. The second kappa shape index (κ2) is 8.49. The monoisotopic (exact) mass is 342 g/mol. The van der Waals surface area contributed by atoms with Gasteiger partial charge in [0.2, 0.25) is 0 Å². The van der Waals surface area contributed by atoms with Gasteiger partial charge in [-0.3, -0.25) is 0 Å². The number of rotatable bonds is 9.